The number of benzene rings is 1. The Kier molecular flexibility index (Phi) is 5.80. The first kappa shape index (κ1) is 17.7. The highest BCUT2D eigenvalue weighted by Crippen LogP contribution is 2.25. The van der Waals surface area contributed by atoms with Crippen molar-refractivity contribution in [3.05, 3.63) is 34.9 Å². The summed E-state index contributed by atoms with van der Waals surface area (Å²) in [4.78, 5) is 18.8. The molecular weight excluding hydrogens is 322 g/mol. The minimum absolute atomic E-state index is 0.209. The minimum Gasteiger partial charge on any atom is -0.342 e. The molecule has 0 bridgehead atoms. The van der Waals surface area contributed by atoms with Crippen LogP contribution in [0.1, 0.15) is 25.8 Å². The summed E-state index contributed by atoms with van der Waals surface area (Å²) >= 11 is 5.98. The summed E-state index contributed by atoms with van der Waals surface area (Å²) < 4.78 is 0. The Morgan fingerprint density at radius 1 is 1.12 bits per heavy atom. The molecule has 2 unspecified atom stereocenters. The van der Waals surface area contributed by atoms with Gasteiger partial charge in [0.1, 0.15) is 0 Å². The molecule has 2 aliphatic rings. The molecule has 2 fully saturated rings. The molecule has 2 heterocycles. The Morgan fingerprint density at radius 3 is 2.58 bits per heavy atom. The summed E-state index contributed by atoms with van der Waals surface area (Å²) in [6.07, 6.45) is 1.08. The lowest BCUT2D eigenvalue weighted by Gasteiger charge is -2.30. The van der Waals surface area contributed by atoms with E-state index in [0.29, 0.717) is 12.0 Å². The Hall–Kier alpha value is -1.10. The third-order valence-electron chi connectivity index (χ3n) is 5.41. The van der Waals surface area contributed by atoms with Gasteiger partial charge in [-0.05, 0) is 30.0 Å². The second-order valence-electron chi connectivity index (χ2n) is 7.26. The Bertz CT molecular complexity index is 562. The molecule has 0 spiro atoms. The average Bonchev–Trinajstić information content (AvgIpc) is 2.76. The monoisotopic (exact) mass is 349 g/mol. The fourth-order valence-electron chi connectivity index (χ4n) is 4.08. The summed E-state index contributed by atoms with van der Waals surface area (Å²) in [5.41, 5.74) is 1.32. The lowest BCUT2D eigenvalue weighted by Crippen LogP contribution is -2.42. The van der Waals surface area contributed by atoms with Gasteiger partial charge in [-0.25, -0.2) is 0 Å². The first-order valence-corrected chi connectivity index (χ1v) is 9.37. The van der Waals surface area contributed by atoms with E-state index in [0.717, 1.165) is 57.3 Å². The summed E-state index contributed by atoms with van der Waals surface area (Å²) in [7, 11) is 0. The van der Waals surface area contributed by atoms with Gasteiger partial charge in [-0.3, -0.25) is 14.6 Å². The molecule has 2 aliphatic heterocycles. The molecule has 1 amide bonds. The van der Waals surface area contributed by atoms with Crippen molar-refractivity contribution < 1.29 is 4.79 Å². The predicted molar refractivity (Wildman–Crippen MR) is 98.1 cm³/mol. The largest absolute Gasteiger partial charge is 0.342 e. The molecule has 132 valence electrons. The van der Waals surface area contributed by atoms with Crippen LogP contribution in [-0.2, 0) is 11.3 Å². The van der Waals surface area contributed by atoms with Gasteiger partial charge in [0.05, 0.1) is 0 Å². The zero-order chi connectivity index (χ0) is 17.1. The van der Waals surface area contributed by atoms with Gasteiger partial charge >= 0.3 is 0 Å². The van der Waals surface area contributed by atoms with Crippen molar-refractivity contribution >= 4 is 17.5 Å². The van der Waals surface area contributed by atoms with Gasteiger partial charge in [-0.1, -0.05) is 30.7 Å². The molecule has 0 N–H and O–H groups in total. The summed E-state index contributed by atoms with van der Waals surface area (Å²) in [6, 6.07) is 8.79. The molecule has 3 rings (SSSR count). The van der Waals surface area contributed by atoms with Crippen molar-refractivity contribution in [3.63, 3.8) is 0 Å². The highest BCUT2D eigenvalue weighted by Gasteiger charge is 2.34. The molecule has 1 aromatic rings. The van der Waals surface area contributed by atoms with Crippen LogP contribution >= 0.6 is 11.6 Å². The second kappa shape index (κ2) is 7.85. The van der Waals surface area contributed by atoms with E-state index in [-0.39, 0.29) is 5.91 Å². The predicted octanol–water partition coefficient (Wildman–Crippen LogP) is 2.71. The first-order valence-electron chi connectivity index (χ1n) is 8.99. The van der Waals surface area contributed by atoms with Crippen LogP contribution < -0.4 is 0 Å². The van der Waals surface area contributed by atoms with Crippen molar-refractivity contribution in [3.8, 4) is 0 Å². The summed E-state index contributed by atoms with van der Waals surface area (Å²) in [5, 5.41) is 0.797. The van der Waals surface area contributed by atoms with E-state index >= 15 is 0 Å². The number of hydrogen-bond acceptors (Lipinski definition) is 3. The van der Waals surface area contributed by atoms with Crippen LogP contribution in [0.25, 0.3) is 0 Å². The molecule has 0 radical (unpaired) electrons. The van der Waals surface area contributed by atoms with E-state index in [2.05, 4.69) is 28.9 Å². The maximum absolute atomic E-state index is 11.6. The smallest absolute Gasteiger partial charge is 0.219 e. The number of nitrogens with zero attached hydrogens (tertiary/aromatic N) is 3. The normalized spacial score (nSPS) is 26.5. The molecule has 0 saturated carbocycles. The number of halogens is 1. The van der Waals surface area contributed by atoms with Crippen LogP contribution in [0.5, 0.6) is 0 Å². The van der Waals surface area contributed by atoms with E-state index in [1.54, 1.807) is 6.92 Å². The highest BCUT2D eigenvalue weighted by molar-refractivity contribution is 6.30. The van der Waals surface area contributed by atoms with Gasteiger partial charge in [0.25, 0.3) is 0 Å². The topological polar surface area (TPSA) is 26.8 Å². The zero-order valence-corrected chi connectivity index (χ0v) is 15.5. The van der Waals surface area contributed by atoms with Gasteiger partial charge in [0.2, 0.25) is 5.91 Å². The van der Waals surface area contributed by atoms with Crippen LogP contribution in [-0.4, -0.2) is 65.9 Å². The third kappa shape index (κ3) is 4.29. The molecule has 4 nitrogen and oxygen atoms in total. The van der Waals surface area contributed by atoms with Crippen LogP contribution in [0, 0.1) is 5.92 Å². The van der Waals surface area contributed by atoms with Crippen LogP contribution in [0.2, 0.25) is 5.02 Å². The van der Waals surface area contributed by atoms with Crippen molar-refractivity contribution in [2.24, 2.45) is 5.92 Å². The van der Waals surface area contributed by atoms with Gasteiger partial charge < -0.3 is 4.90 Å². The lowest BCUT2D eigenvalue weighted by molar-refractivity contribution is -0.128. The fourth-order valence-corrected chi connectivity index (χ4v) is 4.21. The van der Waals surface area contributed by atoms with Crippen molar-refractivity contribution in [2.75, 3.05) is 39.3 Å². The fraction of sp³-hybridized carbons (Fsp3) is 0.632. The molecule has 24 heavy (non-hydrogen) atoms. The highest BCUT2D eigenvalue weighted by atomic mass is 35.5. The van der Waals surface area contributed by atoms with Crippen molar-refractivity contribution in [1.29, 1.82) is 0 Å². The molecule has 1 aromatic carbocycles. The number of likely N-dealkylation sites (tertiary alicyclic amines) is 1. The first-order chi connectivity index (χ1) is 11.5. The Morgan fingerprint density at radius 2 is 1.88 bits per heavy atom. The molecular formula is C19H28ClN3O. The number of hydrogen-bond donors (Lipinski definition) is 0. The van der Waals surface area contributed by atoms with Crippen LogP contribution in [0.3, 0.4) is 0 Å². The van der Waals surface area contributed by atoms with E-state index in [4.69, 9.17) is 11.6 Å². The summed E-state index contributed by atoms with van der Waals surface area (Å²) in [6.45, 7) is 11.2. The van der Waals surface area contributed by atoms with E-state index in [1.807, 2.05) is 17.0 Å². The van der Waals surface area contributed by atoms with Gasteiger partial charge in [-0.2, -0.15) is 0 Å². The standard InChI is InChI=1S/C19H28ClN3O/c1-15-12-21(13-17-4-6-18(20)7-5-17)14-19(15)23-9-3-8-22(10-11-23)16(2)24/h4-7,15,19H,3,8-14H2,1-2H3. The lowest BCUT2D eigenvalue weighted by atomic mass is 10.0. The third-order valence-corrected chi connectivity index (χ3v) is 5.66. The summed E-state index contributed by atoms with van der Waals surface area (Å²) in [5.74, 6) is 0.877. The van der Waals surface area contributed by atoms with E-state index < -0.39 is 0 Å². The maximum atomic E-state index is 11.6. The van der Waals surface area contributed by atoms with Gasteiger partial charge in [0, 0.05) is 63.8 Å². The molecule has 0 aliphatic carbocycles. The molecule has 0 aromatic heterocycles. The second-order valence-corrected chi connectivity index (χ2v) is 7.70. The minimum atomic E-state index is 0.209. The quantitative estimate of drug-likeness (QED) is 0.839. The number of rotatable bonds is 3. The zero-order valence-electron chi connectivity index (χ0n) is 14.7. The number of carbonyl (C=O) groups is 1. The average molecular weight is 350 g/mol. The number of carbonyl (C=O) groups excluding carboxylic acids is 1. The van der Waals surface area contributed by atoms with Crippen molar-refractivity contribution in [2.45, 2.75) is 32.9 Å². The van der Waals surface area contributed by atoms with E-state index in [9.17, 15) is 4.79 Å². The van der Waals surface area contributed by atoms with Crippen LogP contribution in [0.4, 0.5) is 0 Å². The van der Waals surface area contributed by atoms with E-state index in [1.165, 1.54) is 5.56 Å². The van der Waals surface area contributed by atoms with Crippen LogP contribution in [0.15, 0.2) is 24.3 Å². The molecule has 2 saturated heterocycles. The number of amides is 1. The molecule has 5 heteroatoms. The Balaban J connectivity index is 1.57. The SMILES string of the molecule is CC(=O)N1CCCN(C2CN(Cc3ccc(Cl)cc3)CC2C)CC1. The molecule has 2 atom stereocenters. The van der Waals surface area contributed by atoms with Gasteiger partial charge in [0.15, 0.2) is 0 Å². The maximum Gasteiger partial charge on any atom is 0.219 e. The van der Waals surface area contributed by atoms with Crippen molar-refractivity contribution in [1.82, 2.24) is 14.7 Å². The van der Waals surface area contributed by atoms with Gasteiger partial charge in [-0.15, -0.1) is 0 Å². The Labute approximate surface area is 150 Å².